The number of pyridine rings is 1. The molecule has 1 aliphatic rings. The van der Waals surface area contributed by atoms with E-state index in [0.717, 1.165) is 40.9 Å². The molecule has 0 fully saturated rings. The summed E-state index contributed by atoms with van der Waals surface area (Å²) < 4.78 is 76.2. The molecule has 0 aliphatic carbocycles. The fourth-order valence-corrected chi connectivity index (χ4v) is 5.65. The maximum Gasteiger partial charge on any atom is 0.419 e. The summed E-state index contributed by atoms with van der Waals surface area (Å²) in [6.45, 7) is 14.9. The van der Waals surface area contributed by atoms with Crippen LogP contribution in [0.15, 0.2) is 85.6 Å². The number of benzene rings is 3. The first-order chi connectivity index (χ1) is 21.9. The number of allylic oxidation sites excluding steroid dienone is 1. The lowest BCUT2D eigenvalue weighted by Crippen LogP contribution is -2.22. The molecule has 5 rings (SSSR count). The fraction of sp³-hybridized carbons (Fsp3) is 0.270. The van der Waals surface area contributed by atoms with E-state index in [-0.39, 0.29) is 30.0 Å². The summed E-state index contributed by atoms with van der Waals surface area (Å²) >= 11 is 0. The van der Waals surface area contributed by atoms with E-state index in [1.807, 2.05) is 68.4 Å². The van der Waals surface area contributed by atoms with E-state index in [2.05, 4.69) is 30.7 Å². The number of anilines is 1. The second kappa shape index (κ2) is 13.4. The predicted molar refractivity (Wildman–Crippen MR) is 173 cm³/mol. The third kappa shape index (κ3) is 6.93. The van der Waals surface area contributed by atoms with Crippen LogP contribution in [0.4, 0.5) is 27.6 Å². The van der Waals surface area contributed by atoms with Crippen LogP contribution < -0.4 is 15.4 Å². The molecule has 2 atom stereocenters. The van der Waals surface area contributed by atoms with Gasteiger partial charge in [0.25, 0.3) is 0 Å². The van der Waals surface area contributed by atoms with Crippen molar-refractivity contribution in [1.29, 1.82) is 0 Å². The number of nitrogens with zero attached hydrogens (tertiary/aromatic N) is 1. The quantitative estimate of drug-likeness (QED) is 0.161. The third-order valence-electron chi connectivity index (χ3n) is 8.16. The topological polar surface area (TPSA) is 46.2 Å². The second-order valence-corrected chi connectivity index (χ2v) is 11.7. The summed E-state index contributed by atoms with van der Waals surface area (Å²) in [7, 11) is 0. The Labute approximate surface area is 266 Å². The summed E-state index contributed by atoms with van der Waals surface area (Å²) in [5.74, 6) is -3.17. The minimum Gasteiger partial charge on any atom is -0.490 e. The van der Waals surface area contributed by atoms with Crippen molar-refractivity contribution in [3.8, 4) is 17.0 Å². The summed E-state index contributed by atoms with van der Waals surface area (Å²) in [6.07, 6.45) is -3.16. The van der Waals surface area contributed by atoms with Gasteiger partial charge in [-0.1, -0.05) is 69.8 Å². The molecule has 1 aliphatic heterocycles. The van der Waals surface area contributed by atoms with Crippen molar-refractivity contribution in [1.82, 2.24) is 10.3 Å². The van der Waals surface area contributed by atoms with Crippen LogP contribution in [0.5, 0.6) is 5.75 Å². The van der Waals surface area contributed by atoms with Gasteiger partial charge in [0.2, 0.25) is 0 Å². The van der Waals surface area contributed by atoms with Crippen LogP contribution in [0.1, 0.15) is 72.0 Å². The molecule has 4 aromatic rings. The number of aryl methyl sites for hydroxylation is 1. The molecule has 0 bridgehead atoms. The van der Waals surface area contributed by atoms with Gasteiger partial charge in [-0.05, 0) is 54.3 Å². The largest absolute Gasteiger partial charge is 0.490 e. The van der Waals surface area contributed by atoms with Gasteiger partial charge in [-0.2, -0.15) is 13.2 Å². The Balaban J connectivity index is 1.52. The van der Waals surface area contributed by atoms with E-state index < -0.39 is 34.9 Å². The van der Waals surface area contributed by atoms with Crippen molar-refractivity contribution in [2.24, 2.45) is 0 Å². The Bertz CT molecular complexity index is 1770. The summed E-state index contributed by atoms with van der Waals surface area (Å²) in [5.41, 5.74) is 4.42. The lowest BCUT2D eigenvalue weighted by atomic mass is 9.91. The molecule has 2 unspecified atom stereocenters. The molecule has 9 heteroatoms. The van der Waals surface area contributed by atoms with Gasteiger partial charge in [-0.3, -0.25) is 0 Å². The normalized spacial score (nSPS) is 14.7. The van der Waals surface area contributed by atoms with Crippen molar-refractivity contribution in [2.45, 2.75) is 51.6 Å². The molecule has 0 amide bonds. The van der Waals surface area contributed by atoms with Gasteiger partial charge in [0.1, 0.15) is 23.1 Å². The molecule has 3 aromatic carbocycles. The maximum atomic E-state index is 15.2. The Morgan fingerprint density at radius 2 is 1.76 bits per heavy atom. The Hall–Kier alpha value is -4.66. The van der Waals surface area contributed by atoms with Gasteiger partial charge >= 0.3 is 6.18 Å². The molecule has 0 radical (unpaired) electrons. The Morgan fingerprint density at radius 3 is 2.43 bits per heavy atom. The second-order valence-electron chi connectivity index (χ2n) is 11.7. The zero-order valence-corrected chi connectivity index (χ0v) is 26.0. The van der Waals surface area contributed by atoms with E-state index >= 15 is 4.39 Å². The van der Waals surface area contributed by atoms with E-state index in [9.17, 15) is 17.6 Å². The number of fused-ring (bicyclic) bond motifs is 1. The van der Waals surface area contributed by atoms with Crippen LogP contribution in [-0.2, 0) is 6.18 Å². The minimum atomic E-state index is -5.02. The standard InChI is InChI=1S/C37H36F5N3O/c1-6-10-23(4)44-33-14-13-26(15-21(33)2)24(5)43-19-29(25-11-8-7-9-12-25)34-17-27-22(3)20-46-36(27)35(45-34)28-16-30(37(40,41)42)32(39)18-31(28)38/h7-9,11-18,22,29,43-44H,4-6,10,19-20H2,1-3H3. The molecule has 2 N–H and O–H groups in total. The molecular weight excluding hydrogens is 597 g/mol. The first kappa shape index (κ1) is 32.7. The van der Waals surface area contributed by atoms with Gasteiger partial charge in [0.15, 0.2) is 0 Å². The number of nitrogens with one attached hydrogen (secondary N) is 2. The molecule has 0 spiro atoms. The molecule has 0 saturated heterocycles. The molecular formula is C37H36F5N3O. The van der Waals surface area contributed by atoms with E-state index in [0.29, 0.717) is 29.6 Å². The molecule has 240 valence electrons. The van der Waals surface area contributed by atoms with E-state index in [1.54, 1.807) is 0 Å². The Morgan fingerprint density at radius 1 is 1.02 bits per heavy atom. The highest BCUT2D eigenvalue weighted by Crippen LogP contribution is 2.45. The van der Waals surface area contributed by atoms with Crippen LogP contribution >= 0.6 is 0 Å². The molecule has 4 nitrogen and oxygen atoms in total. The van der Waals surface area contributed by atoms with Crippen LogP contribution in [0.3, 0.4) is 0 Å². The summed E-state index contributed by atoms with van der Waals surface area (Å²) in [6, 6.07) is 18.0. The van der Waals surface area contributed by atoms with Gasteiger partial charge in [-0.25, -0.2) is 13.8 Å². The smallest absolute Gasteiger partial charge is 0.419 e. The zero-order valence-electron chi connectivity index (χ0n) is 26.0. The van der Waals surface area contributed by atoms with Gasteiger partial charge in [0.05, 0.1) is 17.9 Å². The molecule has 1 aromatic heterocycles. The van der Waals surface area contributed by atoms with E-state index in [1.165, 1.54) is 0 Å². The van der Waals surface area contributed by atoms with Crippen LogP contribution in [-0.4, -0.2) is 18.1 Å². The molecule has 2 heterocycles. The average Bonchev–Trinajstić information content (AvgIpc) is 3.38. The van der Waals surface area contributed by atoms with Crippen molar-refractivity contribution in [2.75, 3.05) is 18.5 Å². The van der Waals surface area contributed by atoms with Crippen LogP contribution in [0.2, 0.25) is 0 Å². The Kier molecular flexibility index (Phi) is 9.51. The van der Waals surface area contributed by atoms with Crippen molar-refractivity contribution >= 4 is 11.4 Å². The van der Waals surface area contributed by atoms with Gasteiger partial charge in [0, 0.05) is 52.7 Å². The number of halogens is 5. The highest BCUT2D eigenvalue weighted by atomic mass is 19.4. The fourth-order valence-electron chi connectivity index (χ4n) is 5.65. The van der Waals surface area contributed by atoms with Crippen molar-refractivity contribution < 1.29 is 26.7 Å². The maximum absolute atomic E-state index is 15.2. The molecule has 0 saturated carbocycles. The van der Waals surface area contributed by atoms with Crippen molar-refractivity contribution in [3.63, 3.8) is 0 Å². The number of ether oxygens (including phenoxy) is 1. The first-order valence-electron chi connectivity index (χ1n) is 15.1. The van der Waals surface area contributed by atoms with Crippen molar-refractivity contribution in [3.05, 3.63) is 131 Å². The van der Waals surface area contributed by atoms with Gasteiger partial charge < -0.3 is 15.4 Å². The molecule has 46 heavy (non-hydrogen) atoms. The average molecular weight is 634 g/mol. The van der Waals surface area contributed by atoms with E-state index in [4.69, 9.17) is 9.72 Å². The number of hydrogen-bond donors (Lipinski definition) is 2. The number of hydrogen-bond acceptors (Lipinski definition) is 4. The van der Waals surface area contributed by atoms with Crippen LogP contribution in [0, 0.1) is 18.6 Å². The van der Waals surface area contributed by atoms with Gasteiger partial charge in [-0.15, -0.1) is 0 Å². The highest BCUT2D eigenvalue weighted by Gasteiger charge is 2.37. The third-order valence-corrected chi connectivity index (χ3v) is 8.16. The zero-order chi connectivity index (χ0) is 33.2. The van der Waals surface area contributed by atoms with Crippen LogP contribution in [0.25, 0.3) is 17.0 Å². The minimum absolute atomic E-state index is 0.0945. The summed E-state index contributed by atoms with van der Waals surface area (Å²) in [4.78, 5) is 4.72. The highest BCUT2D eigenvalue weighted by molar-refractivity contribution is 5.72. The first-order valence-corrected chi connectivity index (χ1v) is 15.1. The number of rotatable bonds is 11. The predicted octanol–water partition coefficient (Wildman–Crippen LogP) is 9.97. The monoisotopic (exact) mass is 633 g/mol. The number of alkyl halides is 3. The lowest BCUT2D eigenvalue weighted by Gasteiger charge is -2.22. The SMILES string of the molecule is C=C(CCC)Nc1ccc(C(=C)NCC(c2ccccc2)c2cc3c(c(-c4cc(C(F)(F)F)c(F)cc4F)n2)OCC3C)cc1C. The number of aromatic nitrogens is 1. The summed E-state index contributed by atoms with van der Waals surface area (Å²) in [5, 5.41) is 6.77. The lowest BCUT2D eigenvalue weighted by molar-refractivity contribution is -0.140.